The van der Waals surface area contributed by atoms with Gasteiger partial charge in [-0.05, 0) is 50.6 Å². The number of halogens is 2. The van der Waals surface area contributed by atoms with Crippen LogP contribution in [0.1, 0.15) is 19.8 Å². The van der Waals surface area contributed by atoms with E-state index in [4.69, 9.17) is 4.74 Å². The molecular weight excluding hydrogens is 344 g/mol. The predicted molar refractivity (Wildman–Crippen MR) is 85.5 cm³/mol. The SMILES string of the molecule is CC(Oc1ccc(Br)cc1)C(=O)NCC1CCCN1.Cl. The Bertz CT molecular complexity index is 422. The fraction of sp³-hybridized carbons (Fsp3) is 0.500. The molecule has 2 atom stereocenters. The van der Waals surface area contributed by atoms with Crippen LogP contribution in [-0.4, -0.2) is 31.1 Å². The van der Waals surface area contributed by atoms with Gasteiger partial charge in [0.15, 0.2) is 6.10 Å². The third kappa shape index (κ3) is 5.31. The van der Waals surface area contributed by atoms with E-state index in [9.17, 15) is 4.79 Å². The first-order chi connectivity index (χ1) is 9.15. The highest BCUT2D eigenvalue weighted by Crippen LogP contribution is 2.17. The zero-order valence-electron chi connectivity index (χ0n) is 11.4. The van der Waals surface area contributed by atoms with Crippen LogP contribution >= 0.6 is 28.3 Å². The first-order valence-electron chi connectivity index (χ1n) is 6.58. The van der Waals surface area contributed by atoms with Crippen molar-refractivity contribution in [1.29, 1.82) is 0 Å². The van der Waals surface area contributed by atoms with Gasteiger partial charge in [-0.3, -0.25) is 4.79 Å². The quantitative estimate of drug-likeness (QED) is 0.845. The number of amides is 1. The summed E-state index contributed by atoms with van der Waals surface area (Å²) in [5.41, 5.74) is 0. The molecule has 0 saturated carbocycles. The Morgan fingerprint density at radius 1 is 1.50 bits per heavy atom. The Balaban J connectivity index is 0.00000200. The van der Waals surface area contributed by atoms with E-state index in [0.717, 1.165) is 17.4 Å². The van der Waals surface area contributed by atoms with E-state index >= 15 is 0 Å². The zero-order chi connectivity index (χ0) is 13.7. The van der Waals surface area contributed by atoms with Crippen molar-refractivity contribution in [3.8, 4) is 5.75 Å². The Labute approximate surface area is 134 Å². The van der Waals surface area contributed by atoms with Crippen LogP contribution in [0.4, 0.5) is 0 Å². The van der Waals surface area contributed by atoms with Gasteiger partial charge in [-0.1, -0.05) is 15.9 Å². The molecule has 4 nitrogen and oxygen atoms in total. The van der Waals surface area contributed by atoms with E-state index < -0.39 is 6.10 Å². The van der Waals surface area contributed by atoms with Crippen LogP contribution in [-0.2, 0) is 4.79 Å². The molecule has 1 amide bonds. The Morgan fingerprint density at radius 2 is 2.20 bits per heavy atom. The lowest BCUT2D eigenvalue weighted by Gasteiger charge is -2.17. The molecule has 0 aliphatic carbocycles. The molecule has 1 heterocycles. The van der Waals surface area contributed by atoms with Crippen LogP contribution in [0, 0.1) is 0 Å². The van der Waals surface area contributed by atoms with Crippen LogP contribution in [0.3, 0.4) is 0 Å². The number of carbonyl (C=O) groups excluding carboxylic acids is 1. The maximum Gasteiger partial charge on any atom is 0.260 e. The van der Waals surface area contributed by atoms with Crippen LogP contribution in [0.2, 0.25) is 0 Å². The van der Waals surface area contributed by atoms with Crippen molar-refractivity contribution in [3.63, 3.8) is 0 Å². The molecular formula is C14H20BrClN2O2. The fourth-order valence-electron chi connectivity index (χ4n) is 2.07. The molecule has 1 aromatic rings. The second kappa shape index (κ2) is 8.49. The zero-order valence-corrected chi connectivity index (χ0v) is 13.8. The van der Waals surface area contributed by atoms with E-state index in [1.807, 2.05) is 24.3 Å². The van der Waals surface area contributed by atoms with Gasteiger partial charge in [-0.25, -0.2) is 0 Å². The highest BCUT2D eigenvalue weighted by molar-refractivity contribution is 9.10. The third-order valence-corrected chi connectivity index (χ3v) is 3.71. The summed E-state index contributed by atoms with van der Waals surface area (Å²) in [6, 6.07) is 7.87. The molecule has 2 N–H and O–H groups in total. The Hall–Kier alpha value is -0.780. The fourth-order valence-corrected chi connectivity index (χ4v) is 2.33. The van der Waals surface area contributed by atoms with Gasteiger partial charge in [0.25, 0.3) is 5.91 Å². The van der Waals surface area contributed by atoms with Crippen molar-refractivity contribution in [2.24, 2.45) is 0 Å². The second-order valence-corrected chi connectivity index (χ2v) is 5.67. The Morgan fingerprint density at radius 3 is 2.80 bits per heavy atom. The standard InChI is InChI=1S/C14H19BrN2O2.ClH/c1-10(19-13-6-4-11(15)5-7-13)14(18)17-9-12-3-2-8-16-12;/h4-7,10,12,16H,2-3,8-9H2,1H3,(H,17,18);1H. The first kappa shape index (κ1) is 17.3. The average Bonchev–Trinajstić information content (AvgIpc) is 2.91. The minimum absolute atomic E-state index is 0. The van der Waals surface area contributed by atoms with Crippen molar-refractivity contribution in [2.45, 2.75) is 31.9 Å². The van der Waals surface area contributed by atoms with Crippen LogP contribution in [0.15, 0.2) is 28.7 Å². The molecule has 1 aromatic carbocycles. The van der Waals surface area contributed by atoms with E-state index in [1.54, 1.807) is 6.92 Å². The molecule has 0 bridgehead atoms. The average molecular weight is 364 g/mol. The van der Waals surface area contributed by atoms with Crippen molar-refractivity contribution in [3.05, 3.63) is 28.7 Å². The monoisotopic (exact) mass is 362 g/mol. The topological polar surface area (TPSA) is 50.4 Å². The van der Waals surface area contributed by atoms with E-state index in [2.05, 4.69) is 26.6 Å². The Kier molecular flexibility index (Phi) is 7.34. The summed E-state index contributed by atoms with van der Waals surface area (Å²) >= 11 is 3.36. The normalized spacial score (nSPS) is 19.0. The maximum atomic E-state index is 11.9. The number of ether oxygens (including phenoxy) is 1. The molecule has 6 heteroatoms. The molecule has 0 spiro atoms. The summed E-state index contributed by atoms with van der Waals surface area (Å²) in [7, 11) is 0. The summed E-state index contributed by atoms with van der Waals surface area (Å²) in [5.74, 6) is 0.626. The lowest BCUT2D eigenvalue weighted by Crippen LogP contribution is -2.42. The first-order valence-corrected chi connectivity index (χ1v) is 7.38. The minimum Gasteiger partial charge on any atom is -0.481 e. The van der Waals surface area contributed by atoms with Crippen molar-refractivity contribution < 1.29 is 9.53 Å². The summed E-state index contributed by atoms with van der Waals surface area (Å²) < 4.78 is 6.58. The largest absolute Gasteiger partial charge is 0.481 e. The molecule has 2 unspecified atom stereocenters. The van der Waals surface area contributed by atoms with Crippen molar-refractivity contribution >= 4 is 34.2 Å². The molecule has 112 valence electrons. The highest BCUT2D eigenvalue weighted by atomic mass is 79.9. The number of nitrogens with one attached hydrogen (secondary N) is 2. The molecule has 0 radical (unpaired) electrons. The lowest BCUT2D eigenvalue weighted by atomic mass is 10.2. The molecule has 0 aromatic heterocycles. The van der Waals surface area contributed by atoms with Crippen LogP contribution in [0.5, 0.6) is 5.75 Å². The van der Waals surface area contributed by atoms with E-state index in [1.165, 1.54) is 6.42 Å². The smallest absolute Gasteiger partial charge is 0.260 e. The number of hydrogen-bond donors (Lipinski definition) is 2. The summed E-state index contributed by atoms with van der Waals surface area (Å²) in [6.45, 7) is 3.48. The molecule has 1 aliphatic heterocycles. The van der Waals surface area contributed by atoms with E-state index in [-0.39, 0.29) is 18.3 Å². The molecule has 1 aliphatic rings. The van der Waals surface area contributed by atoms with Crippen LogP contribution in [0.25, 0.3) is 0 Å². The summed E-state index contributed by atoms with van der Waals surface area (Å²) in [4.78, 5) is 11.9. The highest BCUT2D eigenvalue weighted by Gasteiger charge is 2.18. The number of benzene rings is 1. The van der Waals surface area contributed by atoms with Crippen molar-refractivity contribution in [1.82, 2.24) is 10.6 Å². The van der Waals surface area contributed by atoms with Crippen LogP contribution < -0.4 is 15.4 Å². The van der Waals surface area contributed by atoms with Gasteiger partial charge in [-0.15, -0.1) is 12.4 Å². The van der Waals surface area contributed by atoms with Crippen molar-refractivity contribution in [2.75, 3.05) is 13.1 Å². The van der Waals surface area contributed by atoms with Gasteiger partial charge < -0.3 is 15.4 Å². The molecule has 1 fully saturated rings. The second-order valence-electron chi connectivity index (χ2n) is 4.75. The van der Waals surface area contributed by atoms with Gasteiger partial charge in [0, 0.05) is 17.1 Å². The predicted octanol–water partition coefficient (Wildman–Crippen LogP) is 2.51. The van der Waals surface area contributed by atoms with E-state index in [0.29, 0.717) is 18.3 Å². The summed E-state index contributed by atoms with van der Waals surface area (Å²) in [6.07, 6.45) is 1.83. The van der Waals surface area contributed by atoms with Gasteiger partial charge in [0.05, 0.1) is 0 Å². The van der Waals surface area contributed by atoms with Gasteiger partial charge in [-0.2, -0.15) is 0 Å². The lowest BCUT2D eigenvalue weighted by molar-refractivity contribution is -0.127. The molecule has 1 saturated heterocycles. The minimum atomic E-state index is -0.484. The molecule has 20 heavy (non-hydrogen) atoms. The third-order valence-electron chi connectivity index (χ3n) is 3.18. The van der Waals surface area contributed by atoms with Gasteiger partial charge in [0.1, 0.15) is 5.75 Å². The summed E-state index contributed by atoms with van der Waals surface area (Å²) in [5, 5.41) is 6.27. The van der Waals surface area contributed by atoms with Gasteiger partial charge in [0.2, 0.25) is 0 Å². The maximum absolute atomic E-state index is 11.9. The number of carbonyl (C=O) groups is 1. The number of rotatable bonds is 5. The number of hydrogen-bond acceptors (Lipinski definition) is 3. The molecule has 2 rings (SSSR count). The van der Waals surface area contributed by atoms with Gasteiger partial charge >= 0.3 is 0 Å².